The third-order valence-electron chi connectivity index (χ3n) is 4.70. The second kappa shape index (κ2) is 10.8. The van der Waals surface area contributed by atoms with E-state index in [0.717, 1.165) is 0 Å². The fourth-order valence-corrected chi connectivity index (χ4v) is 4.14. The monoisotopic (exact) mass is 469 g/mol. The quantitative estimate of drug-likeness (QED) is 0.619. The van der Waals surface area contributed by atoms with Crippen LogP contribution in [-0.2, 0) is 19.1 Å². The van der Waals surface area contributed by atoms with Gasteiger partial charge in [0.05, 0.1) is 30.5 Å². The number of amides is 2. The molecule has 1 saturated heterocycles. The number of rotatable bonds is 7. The van der Waals surface area contributed by atoms with Gasteiger partial charge in [-0.05, 0) is 55.5 Å². The molecule has 1 aliphatic rings. The lowest BCUT2D eigenvalue weighted by atomic mass is 10.2. The third kappa shape index (κ3) is 5.98. The first-order chi connectivity index (χ1) is 15.8. The van der Waals surface area contributed by atoms with Crippen LogP contribution in [0.15, 0.2) is 53.5 Å². The van der Waals surface area contributed by atoms with Crippen LogP contribution in [0, 0.1) is 0 Å². The molecule has 2 aromatic carbocycles. The average Bonchev–Trinajstić information content (AvgIpc) is 3.07. The summed E-state index contributed by atoms with van der Waals surface area (Å²) < 4.78 is 9.60. The topological polar surface area (TPSA) is 114 Å². The van der Waals surface area contributed by atoms with Gasteiger partial charge in [0.15, 0.2) is 5.17 Å². The minimum Gasteiger partial charge on any atom is -0.465 e. The molecule has 1 N–H and O–H groups in total. The minimum atomic E-state index is -0.609. The SMILES string of the molecule is CCOC(=O)c1ccc(N=C2S[C@@H](CC(=O)Nc3ccc(C(=O)OC)cc3)C(=O)N2C)cc1. The Bertz CT molecular complexity index is 1080. The number of nitrogens with one attached hydrogen (secondary N) is 1. The summed E-state index contributed by atoms with van der Waals surface area (Å²) in [5.74, 6) is -1.44. The molecule has 1 aliphatic heterocycles. The van der Waals surface area contributed by atoms with E-state index in [0.29, 0.717) is 34.3 Å². The van der Waals surface area contributed by atoms with Crippen molar-refractivity contribution in [3.05, 3.63) is 59.7 Å². The van der Waals surface area contributed by atoms with E-state index in [1.165, 1.54) is 23.8 Å². The zero-order valence-electron chi connectivity index (χ0n) is 18.4. The molecular formula is C23H23N3O6S. The van der Waals surface area contributed by atoms with E-state index >= 15 is 0 Å². The smallest absolute Gasteiger partial charge is 0.338 e. The number of hydrogen-bond acceptors (Lipinski definition) is 8. The van der Waals surface area contributed by atoms with Crippen LogP contribution in [0.25, 0.3) is 0 Å². The molecule has 0 saturated carbocycles. The highest BCUT2D eigenvalue weighted by Crippen LogP contribution is 2.31. The van der Waals surface area contributed by atoms with Crippen LogP contribution in [0.5, 0.6) is 0 Å². The summed E-state index contributed by atoms with van der Waals surface area (Å²) in [6.07, 6.45) is -0.0343. The maximum absolute atomic E-state index is 12.6. The molecule has 10 heteroatoms. The van der Waals surface area contributed by atoms with Crippen molar-refractivity contribution in [2.24, 2.45) is 4.99 Å². The molecule has 1 atom stereocenters. The minimum absolute atomic E-state index is 0.0343. The van der Waals surface area contributed by atoms with E-state index in [4.69, 9.17) is 4.74 Å². The van der Waals surface area contributed by atoms with Crippen molar-refractivity contribution in [2.45, 2.75) is 18.6 Å². The van der Waals surface area contributed by atoms with Gasteiger partial charge in [-0.15, -0.1) is 0 Å². The number of amidine groups is 1. The Labute approximate surface area is 195 Å². The molecule has 33 heavy (non-hydrogen) atoms. The summed E-state index contributed by atoms with van der Waals surface area (Å²) >= 11 is 1.20. The maximum Gasteiger partial charge on any atom is 0.338 e. The lowest BCUT2D eigenvalue weighted by Gasteiger charge is -2.09. The number of thioether (sulfide) groups is 1. The fraction of sp³-hybridized carbons (Fsp3) is 0.261. The van der Waals surface area contributed by atoms with Crippen molar-refractivity contribution in [2.75, 3.05) is 26.1 Å². The summed E-state index contributed by atoms with van der Waals surface area (Å²) in [6, 6.07) is 12.8. The van der Waals surface area contributed by atoms with Crippen LogP contribution in [0.4, 0.5) is 11.4 Å². The fourth-order valence-electron chi connectivity index (χ4n) is 2.98. The predicted octanol–water partition coefficient (Wildman–Crippen LogP) is 3.24. The Hall–Kier alpha value is -3.66. The Morgan fingerprint density at radius 1 is 1.03 bits per heavy atom. The van der Waals surface area contributed by atoms with Crippen molar-refractivity contribution < 1.29 is 28.7 Å². The number of esters is 2. The standard InChI is InChI=1S/C23H23N3O6S/c1-4-32-22(30)15-7-11-17(12-8-15)25-23-26(2)20(28)18(33-23)13-19(27)24-16-9-5-14(6-10-16)21(29)31-3/h5-12,18H,4,13H2,1-3H3,(H,24,27)/t18-/m0/s1. The van der Waals surface area contributed by atoms with Crippen molar-refractivity contribution in [1.29, 1.82) is 0 Å². The Morgan fingerprint density at radius 2 is 1.64 bits per heavy atom. The van der Waals surface area contributed by atoms with Gasteiger partial charge >= 0.3 is 11.9 Å². The van der Waals surface area contributed by atoms with Crippen LogP contribution >= 0.6 is 11.8 Å². The summed E-state index contributed by atoms with van der Waals surface area (Å²) in [4.78, 5) is 54.2. The largest absolute Gasteiger partial charge is 0.465 e. The van der Waals surface area contributed by atoms with E-state index in [2.05, 4.69) is 15.0 Å². The van der Waals surface area contributed by atoms with Gasteiger partial charge in [-0.1, -0.05) is 11.8 Å². The number of hydrogen-bond donors (Lipinski definition) is 1. The van der Waals surface area contributed by atoms with E-state index in [-0.39, 0.29) is 18.2 Å². The van der Waals surface area contributed by atoms with Crippen molar-refractivity contribution in [1.82, 2.24) is 4.90 Å². The Kier molecular flexibility index (Phi) is 7.83. The highest BCUT2D eigenvalue weighted by molar-refractivity contribution is 8.15. The molecule has 2 amide bonds. The summed E-state index contributed by atoms with van der Waals surface area (Å²) in [5.41, 5.74) is 1.86. The molecule has 1 heterocycles. The summed E-state index contributed by atoms with van der Waals surface area (Å²) in [7, 11) is 2.89. The molecule has 0 bridgehead atoms. The first-order valence-electron chi connectivity index (χ1n) is 10.1. The molecule has 1 fully saturated rings. The molecule has 0 radical (unpaired) electrons. The molecule has 172 valence electrons. The predicted molar refractivity (Wildman–Crippen MR) is 125 cm³/mol. The van der Waals surface area contributed by atoms with Gasteiger partial charge in [-0.25, -0.2) is 14.6 Å². The Morgan fingerprint density at radius 3 is 2.24 bits per heavy atom. The highest BCUT2D eigenvalue weighted by atomic mass is 32.2. The number of carbonyl (C=O) groups excluding carboxylic acids is 4. The molecular weight excluding hydrogens is 446 g/mol. The van der Waals surface area contributed by atoms with E-state index < -0.39 is 17.2 Å². The number of carbonyl (C=O) groups is 4. The first-order valence-corrected chi connectivity index (χ1v) is 11.0. The number of anilines is 1. The van der Waals surface area contributed by atoms with Gasteiger partial charge in [0, 0.05) is 19.2 Å². The summed E-state index contributed by atoms with van der Waals surface area (Å²) in [5, 5.41) is 2.57. The molecule has 0 aliphatic carbocycles. The zero-order valence-corrected chi connectivity index (χ0v) is 19.2. The number of benzene rings is 2. The number of aliphatic imine (C=N–C) groups is 1. The lowest BCUT2D eigenvalue weighted by Crippen LogP contribution is -2.30. The maximum atomic E-state index is 12.6. The molecule has 0 unspecified atom stereocenters. The van der Waals surface area contributed by atoms with Gasteiger partial charge in [-0.3, -0.25) is 14.5 Å². The highest BCUT2D eigenvalue weighted by Gasteiger charge is 2.37. The van der Waals surface area contributed by atoms with Gasteiger partial charge in [0.1, 0.15) is 5.25 Å². The second-order valence-corrected chi connectivity index (χ2v) is 8.16. The van der Waals surface area contributed by atoms with Crippen LogP contribution in [-0.4, -0.2) is 59.8 Å². The van der Waals surface area contributed by atoms with Crippen molar-refractivity contribution in [3.8, 4) is 0 Å². The van der Waals surface area contributed by atoms with Gasteiger partial charge in [0.2, 0.25) is 11.8 Å². The molecule has 9 nitrogen and oxygen atoms in total. The van der Waals surface area contributed by atoms with E-state index in [9.17, 15) is 19.2 Å². The zero-order chi connectivity index (χ0) is 24.0. The Balaban J connectivity index is 1.61. The molecule has 2 aromatic rings. The third-order valence-corrected chi connectivity index (χ3v) is 5.93. The van der Waals surface area contributed by atoms with Gasteiger partial charge in [0.25, 0.3) is 0 Å². The number of ether oxygens (including phenoxy) is 2. The van der Waals surface area contributed by atoms with E-state index in [1.807, 2.05) is 0 Å². The first kappa shape index (κ1) is 24.0. The van der Waals surface area contributed by atoms with Crippen LogP contribution in [0.3, 0.4) is 0 Å². The van der Waals surface area contributed by atoms with Crippen molar-refractivity contribution >= 4 is 52.1 Å². The van der Waals surface area contributed by atoms with Crippen LogP contribution in [0.1, 0.15) is 34.1 Å². The van der Waals surface area contributed by atoms with Crippen LogP contribution < -0.4 is 5.32 Å². The van der Waals surface area contributed by atoms with E-state index in [1.54, 1.807) is 62.5 Å². The summed E-state index contributed by atoms with van der Waals surface area (Å²) in [6.45, 7) is 2.03. The molecule has 3 rings (SSSR count). The molecule has 0 spiro atoms. The number of nitrogens with zero attached hydrogens (tertiary/aromatic N) is 2. The van der Waals surface area contributed by atoms with Gasteiger partial charge < -0.3 is 14.8 Å². The lowest BCUT2D eigenvalue weighted by molar-refractivity contribution is -0.127. The van der Waals surface area contributed by atoms with Crippen LogP contribution in [0.2, 0.25) is 0 Å². The average molecular weight is 470 g/mol. The normalized spacial score (nSPS) is 16.6. The van der Waals surface area contributed by atoms with Crippen molar-refractivity contribution in [3.63, 3.8) is 0 Å². The second-order valence-electron chi connectivity index (χ2n) is 6.99. The molecule has 0 aromatic heterocycles. The van der Waals surface area contributed by atoms with Gasteiger partial charge in [-0.2, -0.15) is 0 Å². The number of methoxy groups -OCH3 is 1.